The molecule has 0 aliphatic heterocycles. The second-order valence-electron chi connectivity index (χ2n) is 9.29. The van der Waals surface area contributed by atoms with E-state index in [0.29, 0.717) is 18.5 Å². The largest absolute Gasteiger partial charge is 0.346 e. The lowest BCUT2D eigenvalue weighted by Crippen LogP contribution is -2.92. The molecule has 3 nitrogen and oxygen atoms in total. The Labute approximate surface area is 141 Å². The molecule has 0 aromatic heterocycles. The van der Waals surface area contributed by atoms with Crippen molar-refractivity contribution in [3.63, 3.8) is 0 Å². The Bertz CT molecular complexity index is 390. The zero-order chi connectivity index (χ0) is 15.7. The van der Waals surface area contributed by atoms with Crippen LogP contribution in [0.2, 0.25) is 0 Å². The number of rotatable bonds is 4. The predicted molar refractivity (Wildman–Crippen MR) is 91.9 cm³/mol. The fraction of sp³-hybridized carbons (Fsp3) is 0.950. The van der Waals surface area contributed by atoms with Gasteiger partial charge < -0.3 is 10.6 Å². The summed E-state index contributed by atoms with van der Waals surface area (Å²) in [5.74, 6) is 3.05. The van der Waals surface area contributed by atoms with Crippen molar-refractivity contribution in [2.24, 2.45) is 17.8 Å². The number of amides is 1. The third-order valence-electron chi connectivity index (χ3n) is 7.23. The van der Waals surface area contributed by atoms with Crippen LogP contribution in [0.1, 0.15) is 83.5 Å². The van der Waals surface area contributed by atoms with Crippen LogP contribution in [-0.2, 0) is 4.79 Å². The molecule has 0 saturated heterocycles. The molecule has 5 aliphatic carbocycles. The molecule has 5 aliphatic rings. The van der Waals surface area contributed by atoms with Gasteiger partial charge in [0.15, 0.2) is 6.54 Å². The fourth-order valence-electron chi connectivity index (χ4n) is 6.61. The summed E-state index contributed by atoms with van der Waals surface area (Å²) >= 11 is 0. The van der Waals surface area contributed by atoms with Gasteiger partial charge in [0.05, 0.1) is 6.04 Å². The Morgan fingerprint density at radius 1 is 0.870 bits per heavy atom. The molecule has 0 unspecified atom stereocenters. The molecule has 0 aromatic carbocycles. The molecule has 130 valence electrons. The van der Waals surface area contributed by atoms with E-state index in [0.717, 1.165) is 17.8 Å². The molecule has 4 bridgehead atoms. The van der Waals surface area contributed by atoms with Crippen molar-refractivity contribution in [2.75, 3.05) is 6.54 Å². The van der Waals surface area contributed by atoms with Gasteiger partial charge in [0.2, 0.25) is 0 Å². The van der Waals surface area contributed by atoms with Crippen LogP contribution in [0.25, 0.3) is 0 Å². The van der Waals surface area contributed by atoms with Crippen molar-refractivity contribution in [1.82, 2.24) is 5.32 Å². The molecular formula is C20H35N2O+. The summed E-state index contributed by atoms with van der Waals surface area (Å²) in [6.45, 7) is 0.659. The summed E-state index contributed by atoms with van der Waals surface area (Å²) in [6.07, 6.45) is 17.7. The monoisotopic (exact) mass is 319 g/mol. The van der Waals surface area contributed by atoms with Crippen LogP contribution < -0.4 is 10.6 Å². The van der Waals surface area contributed by atoms with E-state index in [-0.39, 0.29) is 5.54 Å². The first-order chi connectivity index (χ1) is 11.2. The van der Waals surface area contributed by atoms with Crippen molar-refractivity contribution in [2.45, 2.75) is 95.1 Å². The Balaban J connectivity index is 1.27. The van der Waals surface area contributed by atoms with Gasteiger partial charge in [-0.05, 0) is 82.0 Å². The molecule has 23 heavy (non-hydrogen) atoms. The molecule has 5 rings (SSSR count). The van der Waals surface area contributed by atoms with E-state index < -0.39 is 0 Å². The Morgan fingerprint density at radius 3 is 1.96 bits per heavy atom. The van der Waals surface area contributed by atoms with Crippen molar-refractivity contribution < 1.29 is 10.1 Å². The van der Waals surface area contributed by atoms with E-state index in [4.69, 9.17) is 0 Å². The topological polar surface area (TPSA) is 45.7 Å². The zero-order valence-corrected chi connectivity index (χ0v) is 14.7. The van der Waals surface area contributed by atoms with Crippen molar-refractivity contribution in [1.29, 1.82) is 0 Å². The van der Waals surface area contributed by atoms with Gasteiger partial charge in [0.1, 0.15) is 0 Å². The Kier molecular flexibility index (Phi) is 4.67. The lowest BCUT2D eigenvalue weighted by atomic mass is 9.53. The molecule has 0 heterocycles. The van der Waals surface area contributed by atoms with Crippen LogP contribution in [0, 0.1) is 17.8 Å². The Morgan fingerprint density at radius 2 is 1.39 bits per heavy atom. The number of nitrogens with one attached hydrogen (secondary N) is 1. The van der Waals surface area contributed by atoms with Gasteiger partial charge in [-0.3, -0.25) is 4.79 Å². The first-order valence-electron chi connectivity index (χ1n) is 10.4. The first kappa shape index (κ1) is 15.9. The van der Waals surface area contributed by atoms with Crippen LogP contribution >= 0.6 is 0 Å². The third-order valence-corrected chi connectivity index (χ3v) is 7.23. The van der Waals surface area contributed by atoms with Gasteiger partial charge >= 0.3 is 0 Å². The minimum absolute atomic E-state index is 0.195. The van der Waals surface area contributed by atoms with E-state index >= 15 is 0 Å². The zero-order valence-electron chi connectivity index (χ0n) is 14.7. The van der Waals surface area contributed by atoms with Crippen LogP contribution in [0.4, 0.5) is 0 Å². The average molecular weight is 320 g/mol. The quantitative estimate of drug-likeness (QED) is 0.822. The van der Waals surface area contributed by atoms with Crippen molar-refractivity contribution in [3.05, 3.63) is 0 Å². The van der Waals surface area contributed by atoms with E-state index in [9.17, 15) is 4.79 Å². The van der Waals surface area contributed by atoms with Crippen molar-refractivity contribution >= 4 is 5.91 Å². The molecule has 1 amide bonds. The van der Waals surface area contributed by atoms with Crippen LogP contribution in [-0.4, -0.2) is 24.0 Å². The van der Waals surface area contributed by atoms with Crippen LogP contribution in [0.3, 0.4) is 0 Å². The van der Waals surface area contributed by atoms with Gasteiger partial charge in [0, 0.05) is 5.54 Å². The highest BCUT2D eigenvalue weighted by Crippen LogP contribution is 2.55. The van der Waals surface area contributed by atoms with Gasteiger partial charge in [-0.2, -0.15) is 0 Å². The second kappa shape index (κ2) is 6.74. The number of hydrogen-bond donors (Lipinski definition) is 2. The number of quaternary nitrogens is 1. The number of carbonyl (C=O) groups excluding carboxylic acids is 1. The molecule has 5 saturated carbocycles. The molecule has 5 fully saturated rings. The fourth-order valence-corrected chi connectivity index (χ4v) is 6.61. The molecule has 3 N–H and O–H groups in total. The maximum Gasteiger partial charge on any atom is 0.275 e. The van der Waals surface area contributed by atoms with E-state index in [1.165, 1.54) is 83.5 Å². The molecule has 0 radical (unpaired) electrons. The second-order valence-corrected chi connectivity index (χ2v) is 9.29. The molecule has 0 atom stereocenters. The number of nitrogens with two attached hydrogens (primary N) is 1. The maximum atomic E-state index is 12.6. The molecule has 3 heteroatoms. The summed E-state index contributed by atoms with van der Waals surface area (Å²) in [6, 6.07) is 0.692. The van der Waals surface area contributed by atoms with Crippen LogP contribution in [0.15, 0.2) is 0 Å². The van der Waals surface area contributed by atoms with E-state index in [1.54, 1.807) is 0 Å². The SMILES string of the molecule is O=C(C[NH2+]C1CCCCCCC1)NC12CC3CC(CC(C3)C1)C2. The molecule has 0 spiro atoms. The van der Waals surface area contributed by atoms with Gasteiger partial charge in [-0.25, -0.2) is 0 Å². The summed E-state index contributed by atoms with van der Waals surface area (Å²) in [4.78, 5) is 12.6. The van der Waals surface area contributed by atoms with Gasteiger partial charge in [-0.1, -0.05) is 19.3 Å². The lowest BCUT2D eigenvalue weighted by Gasteiger charge is -2.56. The maximum absolute atomic E-state index is 12.6. The smallest absolute Gasteiger partial charge is 0.275 e. The number of carbonyl (C=O) groups is 1. The standard InChI is InChI=1S/C20H34N2O/c23-19(14-21-18-6-4-2-1-3-5-7-18)22-20-11-15-8-16(12-20)10-17(9-15)13-20/h15-18,21H,1-14H2,(H,22,23)/p+1. The summed E-state index contributed by atoms with van der Waals surface area (Å²) < 4.78 is 0. The summed E-state index contributed by atoms with van der Waals surface area (Å²) in [7, 11) is 0. The van der Waals surface area contributed by atoms with E-state index in [2.05, 4.69) is 10.6 Å². The lowest BCUT2D eigenvalue weighted by molar-refractivity contribution is -0.681. The summed E-state index contributed by atoms with van der Waals surface area (Å²) in [5.41, 5.74) is 0.195. The minimum atomic E-state index is 0.195. The van der Waals surface area contributed by atoms with E-state index in [1.807, 2.05) is 0 Å². The van der Waals surface area contributed by atoms with Crippen LogP contribution in [0.5, 0.6) is 0 Å². The summed E-state index contributed by atoms with van der Waals surface area (Å²) in [5, 5.41) is 5.87. The average Bonchev–Trinajstić information content (AvgIpc) is 2.44. The highest BCUT2D eigenvalue weighted by Gasteiger charge is 2.51. The molecular weight excluding hydrogens is 284 g/mol. The minimum Gasteiger partial charge on any atom is -0.346 e. The van der Waals surface area contributed by atoms with Crippen molar-refractivity contribution in [3.8, 4) is 0 Å². The third kappa shape index (κ3) is 3.75. The Hall–Kier alpha value is -0.570. The molecule has 0 aromatic rings. The normalized spacial score (nSPS) is 40.6. The first-order valence-corrected chi connectivity index (χ1v) is 10.4. The highest BCUT2D eigenvalue weighted by atomic mass is 16.2. The van der Waals surface area contributed by atoms with Gasteiger partial charge in [-0.15, -0.1) is 0 Å². The number of hydrogen-bond acceptors (Lipinski definition) is 1. The highest BCUT2D eigenvalue weighted by molar-refractivity contribution is 5.77. The predicted octanol–water partition coefficient (Wildman–Crippen LogP) is 2.75. The van der Waals surface area contributed by atoms with Gasteiger partial charge in [0.25, 0.3) is 5.91 Å².